The molecule has 1 fully saturated rings. The zero-order valence-electron chi connectivity index (χ0n) is 6.34. The average Bonchev–Trinajstić information content (AvgIpc) is 2.30. The van der Waals surface area contributed by atoms with Gasteiger partial charge in [-0.3, -0.25) is 0 Å². The molecule has 0 aromatic heterocycles. The van der Waals surface area contributed by atoms with Gasteiger partial charge in [0.15, 0.2) is 6.10 Å². The lowest BCUT2D eigenvalue weighted by Crippen LogP contribution is -2.59. The van der Waals surface area contributed by atoms with Gasteiger partial charge in [0.25, 0.3) is 0 Å². The van der Waals surface area contributed by atoms with Crippen molar-refractivity contribution in [3.8, 4) is 0 Å². The normalized spacial score (nSPS) is 38.8. The van der Waals surface area contributed by atoms with E-state index in [0.29, 0.717) is 0 Å². The first-order valence-corrected chi connectivity index (χ1v) is 3.38. The van der Waals surface area contributed by atoms with Crippen LogP contribution in [0.4, 0.5) is 0 Å². The highest BCUT2D eigenvalue weighted by molar-refractivity contribution is 6.04. The Hall–Kier alpha value is -1.18. The third-order valence-corrected chi connectivity index (χ3v) is 1.84. The molecule has 0 saturated carbocycles. The fraction of sp³-hybridized carbons (Fsp3) is 0.667. The number of ether oxygens (including phenoxy) is 1. The van der Waals surface area contributed by atoms with Crippen LogP contribution in [0.2, 0.25) is 0 Å². The number of hydrogen-bond donors (Lipinski definition) is 3. The van der Waals surface area contributed by atoms with Crippen molar-refractivity contribution in [3.05, 3.63) is 0 Å². The van der Waals surface area contributed by atoms with Gasteiger partial charge >= 0.3 is 5.97 Å². The monoisotopic (exact) mass is 191 g/mol. The molecule has 3 N–H and O–H groups in total. The minimum Gasteiger partial charge on any atom is -0.546 e. The molecular weight excluding hydrogens is 184 g/mol. The summed E-state index contributed by atoms with van der Waals surface area (Å²) in [6, 6.07) is 0. The Morgan fingerprint density at radius 1 is 1.69 bits per heavy atom. The van der Waals surface area contributed by atoms with E-state index in [2.05, 4.69) is 4.74 Å². The zero-order valence-corrected chi connectivity index (χ0v) is 6.34. The van der Waals surface area contributed by atoms with Crippen LogP contribution in [0.3, 0.4) is 0 Å². The van der Waals surface area contributed by atoms with Crippen molar-refractivity contribution in [3.63, 3.8) is 0 Å². The summed E-state index contributed by atoms with van der Waals surface area (Å²) in [6.45, 7) is -0.775. The summed E-state index contributed by atoms with van der Waals surface area (Å²) in [4.78, 5) is 21.1. The number of carboxylic acids is 1. The first-order valence-electron chi connectivity index (χ1n) is 3.38. The van der Waals surface area contributed by atoms with Crippen molar-refractivity contribution in [2.45, 2.75) is 17.8 Å². The molecule has 74 valence electrons. The molecule has 1 aliphatic rings. The van der Waals surface area contributed by atoms with Gasteiger partial charge in [-0.15, -0.1) is 0 Å². The lowest BCUT2D eigenvalue weighted by molar-refractivity contribution is -0.325. The topological polar surface area (TPSA) is 127 Å². The van der Waals surface area contributed by atoms with Crippen LogP contribution < -0.4 is 5.11 Å². The number of rotatable bonds is 2. The second kappa shape index (κ2) is 2.95. The van der Waals surface area contributed by atoms with Gasteiger partial charge in [-0.05, 0) is 0 Å². The minimum atomic E-state index is -3.08. The second-order valence-corrected chi connectivity index (χ2v) is 2.63. The van der Waals surface area contributed by atoms with Crippen LogP contribution in [0.1, 0.15) is 0 Å². The first kappa shape index (κ1) is 9.90. The molecule has 0 amide bonds. The molecular formula is C6H7O7-. The number of cyclic esters (lactones) is 1. The van der Waals surface area contributed by atoms with Crippen molar-refractivity contribution in [1.82, 2.24) is 0 Å². The molecule has 1 saturated heterocycles. The van der Waals surface area contributed by atoms with E-state index >= 15 is 0 Å². The molecule has 7 nitrogen and oxygen atoms in total. The third-order valence-electron chi connectivity index (χ3n) is 1.84. The van der Waals surface area contributed by atoms with E-state index in [0.717, 1.165) is 0 Å². The SMILES string of the molecule is O=C([O-])C1(O)C(=O)OC(CO)C1O. The average molecular weight is 191 g/mol. The molecule has 7 heteroatoms. The number of carbonyl (C=O) groups excluding carboxylic acids is 2. The molecule has 3 atom stereocenters. The van der Waals surface area contributed by atoms with Crippen molar-refractivity contribution >= 4 is 11.9 Å². The number of aliphatic hydroxyl groups is 3. The first-order chi connectivity index (χ1) is 5.94. The summed E-state index contributed by atoms with van der Waals surface area (Å²) < 4.78 is 4.19. The standard InChI is InChI=1S/C6H8O7/c7-1-2-3(8)6(12,4(9)10)5(11)13-2/h2-3,7-8,12H,1H2,(H,9,10)/p-1. The summed E-state index contributed by atoms with van der Waals surface area (Å²) in [7, 11) is 0. The van der Waals surface area contributed by atoms with E-state index in [-0.39, 0.29) is 0 Å². The molecule has 1 aliphatic heterocycles. The molecule has 0 radical (unpaired) electrons. The zero-order chi connectivity index (χ0) is 10.2. The fourth-order valence-electron chi connectivity index (χ4n) is 1.02. The van der Waals surface area contributed by atoms with Crippen molar-refractivity contribution in [2.24, 2.45) is 0 Å². The van der Waals surface area contributed by atoms with Crippen LogP contribution >= 0.6 is 0 Å². The summed E-state index contributed by atoms with van der Waals surface area (Å²) >= 11 is 0. The molecule has 3 unspecified atom stereocenters. The van der Waals surface area contributed by atoms with Gasteiger partial charge in [0.2, 0.25) is 5.60 Å². The van der Waals surface area contributed by atoms with Crippen molar-refractivity contribution in [2.75, 3.05) is 6.61 Å². The molecule has 0 aliphatic carbocycles. The Morgan fingerprint density at radius 2 is 2.23 bits per heavy atom. The highest BCUT2D eigenvalue weighted by Crippen LogP contribution is 2.25. The summed E-state index contributed by atoms with van der Waals surface area (Å²) in [6.07, 6.45) is -3.45. The molecule has 0 aromatic carbocycles. The maximum atomic E-state index is 10.8. The van der Waals surface area contributed by atoms with Crippen molar-refractivity contribution < 1.29 is 34.8 Å². The highest BCUT2D eigenvalue weighted by Gasteiger charge is 2.57. The number of aliphatic carboxylic acids is 1. The minimum absolute atomic E-state index is 0.775. The van der Waals surface area contributed by atoms with E-state index in [9.17, 15) is 14.7 Å². The predicted octanol–water partition coefficient (Wildman–Crippen LogP) is -4.25. The van der Waals surface area contributed by atoms with Gasteiger partial charge in [-0.2, -0.15) is 0 Å². The van der Waals surface area contributed by atoms with E-state index in [1.807, 2.05) is 0 Å². The Morgan fingerprint density at radius 3 is 2.46 bits per heavy atom. The van der Waals surface area contributed by atoms with Gasteiger partial charge in [0.1, 0.15) is 6.10 Å². The number of carbonyl (C=O) groups is 2. The maximum Gasteiger partial charge on any atom is 0.347 e. The van der Waals surface area contributed by atoms with E-state index in [1.165, 1.54) is 0 Å². The molecule has 0 spiro atoms. The molecule has 1 rings (SSSR count). The van der Waals surface area contributed by atoms with Crippen LogP contribution in [0.25, 0.3) is 0 Å². The molecule has 1 heterocycles. The second-order valence-electron chi connectivity index (χ2n) is 2.63. The largest absolute Gasteiger partial charge is 0.546 e. The van der Waals surface area contributed by atoms with E-state index in [4.69, 9.17) is 15.3 Å². The summed E-state index contributed by atoms with van der Waals surface area (Å²) in [5.41, 5.74) is -3.08. The van der Waals surface area contributed by atoms with Gasteiger partial charge < -0.3 is 30.0 Å². The molecule has 0 aromatic rings. The number of esters is 1. The highest BCUT2D eigenvalue weighted by atomic mass is 16.6. The third kappa shape index (κ3) is 1.17. The Bertz CT molecular complexity index is 249. The number of carboxylic acid groups (broad SMARTS) is 1. The Kier molecular flexibility index (Phi) is 2.24. The van der Waals surface area contributed by atoms with Crippen LogP contribution in [0.5, 0.6) is 0 Å². The van der Waals surface area contributed by atoms with Gasteiger partial charge in [-0.25, -0.2) is 4.79 Å². The maximum absolute atomic E-state index is 10.8. The van der Waals surface area contributed by atoms with Crippen LogP contribution in [-0.2, 0) is 14.3 Å². The van der Waals surface area contributed by atoms with Crippen LogP contribution in [0, 0.1) is 0 Å². The van der Waals surface area contributed by atoms with Gasteiger partial charge in [0, 0.05) is 0 Å². The van der Waals surface area contributed by atoms with Crippen molar-refractivity contribution in [1.29, 1.82) is 0 Å². The Labute approximate surface area is 72.2 Å². The summed E-state index contributed by atoms with van der Waals surface area (Å²) in [5, 5.41) is 37.0. The number of aliphatic hydroxyl groups excluding tert-OH is 2. The summed E-state index contributed by atoms with van der Waals surface area (Å²) in [5.74, 6) is -3.68. The quantitative estimate of drug-likeness (QED) is 0.298. The predicted molar refractivity (Wildman–Crippen MR) is 32.9 cm³/mol. The van der Waals surface area contributed by atoms with Gasteiger partial charge in [0.05, 0.1) is 12.6 Å². The van der Waals surface area contributed by atoms with E-state index in [1.54, 1.807) is 0 Å². The Balaban J connectivity index is 2.99. The lowest BCUT2D eigenvalue weighted by atomic mass is 9.96. The molecule has 0 bridgehead atoms. The smallest absolute Gasteiger partial charge is 0.347 e. The van der Waals surface area contributed by atoms with E-state index < -0.39 is 36.4 Å². The fourth-order valence-corrected chi connectivity index (χ4v) is 1.02. The number of hydrogen-bond acceptors (Lipinski definition) is 7. The van der Waals surface area contributed by atoms with Crippen LogP contribution in [0.15, 0.2) is 0 Å². The van der Waals surface area contributed by atoms with Crippen LogP contribution in [-0.4, -0.2) is 51.7 Å². The van der Waals surface area contributed by atoms with Gasteiger partial charge in [-0.1, -0.05) is 0 Å². The molecule has 13 heavy (non-hydrogen) atoms. The lowest BCUT2D eigenvalue weighted by Gasteiger charge is -2.23.